The summed E-state index contributed by atoms with van der Waals surface area (Å²) in [5.74, 6) is -4.08. The largest absolute Gasteiger partial charge is 0.872 e. The highest BCUT2D eigenvalue weighted by molar-refractivity contribution is 7.75. The summed E-state index contributed by atoms with van der Waals surface area (Å²) in [5.41, 5.74) is -2.14. The third-order valence-electron chi connectivity index (χ3n) is 6.79. The lowest BCUT2D eigenvalue weighted by Gasteiger charge is -2.28. The summed E-state index contributed by atoms with van der Waals surface area (Å²) in [5, 5.41) is 20.6. The van der Waals surface area contributed by atoms with E-state index in [1.165, 1.54) is 75.6 Å². The molecule has 40 heavy (non-hydrogen) atoms. The predicted molar refractivity (Wildman–Crippen MR) is 155 cm³/mol. The number of benzene rings is 2. The van der Waals surface area contributed by atoms with Crippen LogP contribution in [0.25, 0.3) is 0 Å². The first-order valence-corrected chi connectivity index (χ1v) is 16.7. The normalized spacial score (nSPS) is 11.5. The zero-order chi connectivity index (χ0) is 30.2. The molecule has 0 atom stereocenters. The van der Waals surface area contributed by atoms with Crippen molar-refractivity contribution in [1.29, 1.82) is 0 Å². The van der Waals surface area contributed by atoms with E-state index in [1.807, 2.05) is 0 Å². The second-order valence-corrected chi connectivity index (χ2v) is 14.5. The lowest BCUT2D eigenvalue weighted by atomic mass is 10.1. The van der Waals surface area contributed by atoms with E-state index < -0.39 is 42.3 Å². The molecule has 0 saturated carbocycles. The molecule has 1 N–H and O–H groups in total. The predicted octanol–water partition coefficient (Wildman–Crippen LogP) is 8.90. The Hall–Kier alpha value is -2.60. The van der Waals surface area contributed by atoms with Gasteiger partial charge in [-0.2, -0.15) is 13.2 Å². The van der Waals surface area contributed by atoms with Gasteiger partial charge in [-0.3, -0.25) is 0 Å². The number of unbranched alkanes of at least 4 members (excludes halogenated alkanes) is 4. The van der Waals surface area contributed by atoms with E-state index >= 15 is 0 Å². The number of hydrogen-bond acceptors (Lipinski definition) is 4. The van der Waals surface area contributed by atoms with Gasteiger partial charge in [-0.1, -0.05) is 77.3 Å². The molecule has 9 heteroatoms. The van der Waals surface area contributed by atoms with Crippen LogP contribution in [0.15, 0.2) is 42.5 Å². The summed E-state index contributed by atoms with van der Waals surface area (Å²) in [6.45, 7) is 9.42. The van der Waals surface area contributed by atoms with Gasteiger partial charge < -0.3 is 14.9 Å². The number of esters is 1. The zero-order valence-electron chi connectivity index (χ0n) is 24.2. The van der Waals surface area contributed by atoms with Crippen molar-refractivity contribution >= 4 is 19.2 Å². The average molecular weight is 585 g/mol. The third kappa shape index (κ3) is 11.9. The van der Waals surface area contributed by atoms with Gasteiger partial charge in [0, 0.05) is 7.26 Å². The molecular weight excluding hydrogens is 540 g/mol. The topological polar surface area (TPSA) is 86.7 Å². The number of rotatable bonds is 15. The van der Waals surface area contributed by atoms with Crippen molar-refractivity contribution in [2.45, 2.75) is 85.2 Å². The number of ether oxygens (including phenoxy) is 1. The maximum Gasteiger partial charge on any atom is 0.416 e. The van der Waals surface area contributed by atoms with Crippen LogP contribution in [-0.4, -0.2) is 41.7 Å². The van der Waals surface area contributed by atoms with Crippen LogP contribution in [0.3, 0.4) is 0 Å². The third-order valence-corrected chi connectivity index (χ3v) is 11.9. The van der Waals surface area contributed by atoms with Crippen molar-refractivity contribution in [1.82, 2.24) is 0 Å². The average Bonchev–Trinajstić information content (AvgIpc) is 2.92. The molecule has 0 aliphatic heterocycles. The van der Waals surface area contributed by atoms with Gasteiger partial charge in [0.2, 0.25) is 0 Å². The molecule has 0 aliphatic rings. The summed E-state index contributed by atoms with van der Waals surface area (Å²) in [6, 6.07) is 6.71. The van der Waals surface area contributed by atoms with Gasteiger partial charge >= 0.3 is 18.1 Å². The molecular formula is C31H44F3O5P. The van der Waals surface area contributed by atoms with Crippen LogP contribution in [0.1, 0.15) is 105 Å². The molecule has 0 radical (unpaired) electrons. The number of halogens is 3. The van der Waals surface area contributed by atoms with Gasteiger partial charge in [-0.15, -0.1) is 0 Å². The van der Waals surface area contributed by atoms with E-state index in [-0.39, 0.29) is 17.4 Å². The quantitative estimate of drug-likeness (QED) is 0.128. The second kappa shape index (κ2) is 18.0. The van der Waals surface area contributed by atoms with Crippen LogP contribution in [0, 0.1) is 0 Å². The van der Waals surface area contributed by atoms with Gasteiger partial charge in [-0.05, 0) is 49.9 Å². The highest BCUT2D eigenvalue weighted by Crippen LogP contribution is 2.61. The number of para-hydroxylation sites is 1. The minimum absolute atomic E-state index is 0.277. The summed E-state index contributed by atoms with van der Waals surface area (Å²) in [4.78, 5) is 22.9. The van der Waals surface area contributed by atoms with E-state index in [0.29, 0.717) is 12.1 Å². The van der Waals surface area contributed by atoms with Crippen molar-refractivity contribution in [2.24, 2.45) is 0 Å². The van der Waals surface area contributed by atoms with Crippen molar-refractivity contribution in [3.05, 3.63) is 59.2 Å². The van der Waals surface area contributed by atoms with Crippen LogP contribution >= 0.6 is 7.26 Å². The molecule has 0 saturated heterocycles. The highest BCUT2D eigenvalue weighted by atomic mass is 31.2. The molecule has 0 spiro atoms. The van der Waals surface area contributed by atoms with Crippen LogP contribution in [0.4, 0.5) is 13.2 Å². The number of carbonyl (C=O) groups excluding carboxylic acids is 1. The number of carboxylic acids is 1. The fraction of sp³-hybridized carbons (Fsp3) is 0.548. The first kappa shape index (κ1) is 35.4. The Morgan fingerprint density at radius 1 is 0.800 bits per heavy atom. The molecule has 2 rings (SSSR count). The number of aromatic carboxylic acids is 1. The van der Waals surface area contributed by atoms with Crippen molar-refractivity contribution in [3.8, 4) is 11.5 Å². The van der Waals surface area contributed by atoms with Gasteiger partial charge in [0.15, 0.2) is 0 Å². The lowest BCUT2D eigenvalue weighted by Crippen LogP contribution is -2.15. The van der Waals surface area contributed by atoms with Crippen LogP contribution < -0.4 is 9.84 Å². The molecule has 0 aromatic heterocycles. The molecule has 5 nitrogen and oxygen atoms in total. The monoisotopic (exact) mass is 584 g/mol. The number of hydrogen-bond donors (Lipinski definition) is 1. The lowest BCUT2D eigenvalue weighted by molar-refractivity contribution is -0.269. The van der Waals surface area contributed by atoms with E-state index in [2.05, 4.69) is 27.7 Å². The van der Waals surface area contributed by atoms with Gasteiger partial charge in [0.05, 0.1) is 35.8 Å². The Morgan fingerprint density at radius 3 is 1.68 bits per heavy atom. The summed E-state index contributed by atoms with van der Waals surface area (Å²) < 4.78 is 42.2. The van der Waals surface area contributed by atoms with Crippen molar-refractivity contribution in [3.63, 3.8) is 0 Å². The van der Waals surface area contributed by atoms with Crippen molar-refractivity contribution in [2.75, 3.05) is 24.6 Å². The summed E-state index contributed by atoms with van der Waals surface area (Å²) >= 11 is 0. The Morgan fingerprint density at radius 2 is 1.27 bits per heavy atom. The van der Waals surface area contributed by atoms with E-state index in [9.17, 15) is 27.9 Å². The second-order valence-electron chi connectivity index (χ2n) is 10.0. The summed E-state index contributed by atoms with van der Waals surface area (Å²) in [6.07, 6.45) is 13.2. The molecule has 0 amide bonds. The fourth-order valence-corrected chi connectivity index (χ4v) is 9.69. The highest BCUT2D eigenvalue weighted by Gasteiger charge is 2.34. The molecule has 2 aromatic carbocycles. The Labute approximate surface area is 237 Å². The number of carbonyl (C=O) groups is 2. The summed E-state index contributed by atoms with van der Waals surface area (Å²) in [7, 11) is -0.562. The standard InChI is InChI=1S/C16H36P.C15H9F3O5/c1-5-9-13-17(14-10-6-2,15-11-7-3)16-12-8-4;16-15(17,18)8-5-6-9(11(19)7-8)14(22)23-12-4-2-1-3-10(12)13(20)21/h5-16H2,1-4H3;1-7,19H,(H,20,21)/q+1;/p-1. The molecule has 2 aromatic rings. The first-order valence-electron chi connectivity index (χ1n) is 14.2. The Balaban J connectivity index is 0.000000421. The Kier molecular flexibility index (Phi) is 15.9. The van der Waals surface area contributed by atoms with Gasteiger partial charge in [0.1, 0.15) is 11.3 Å². The van der Waals surface area contributed by atoms with Crippen molar-refractivity contribution < 1.29 is 37.7 Å². The molecule has 0 aliphatic carbocycles. The van der Waals surface area contributed by atoms with Gasteiger partial charge in [-0.25, -0.2) is 9.59 Å². The number of alkyl halides is 3. The van der Waals surface area contributed by atoms with Gasteiger partial charge in [0.25, 0.3) is 0 Å². The maximum atomic E-state index is 12.5. The smallest absolute Gasteiger partial charge is 0.416 e. The zero-order valence-corrected chi connectivity index (χ0v) is 25.1. The maximum absolute atomic E-state index is 12.5. The van der Waals surface area contributed by atoms with E-state index in [0.717, 1.165) is 0 Å². The minimum Gasteiger partial charge on any atom is -0.872 e. The fourth-order valence-electron chi connectivity index (χ4n) is 4.40. The van der Waals surface area contributed by atoms with E-state index in [1.54, 1.807) is 24.6 Å². The van der Waals surface area contributed by atoms with Crippen LogP contribution in [-0.2, 0) is 6.18 Å². The van der Waals surface area contributed by atoms with Crippen LogP contribution in [0.5, 0.6) is 11.5 Å². The van der Waals surface area contributed by atoms with Crippen LogP contribution in [0.2, 0.25) is 0 Å². The molecule has 0 heterocycles. The number of carboxylic acid groups (broad SMARTS) is 1. The first-order chi connectivity index (χ1) is 18.9. The molecule has 224 valence electrons. The molecule has 0 bridgehead atoms. The minimum atomic E-state index is -4.71. The Bertz CT molecular complexity index is 1020. The van der Waals surface area contributed by atoms with E-state index in [4.69, 9.17) is 9.84 Å². The molecule has 0 unspecified atom stereocenters. The molecule has 0 fully saturated rings. The SMILES string of the molecule is CCCC[P+](CCCC)(CCCC)CCCC.O=C(Oc1ccccc1C(=O)O)c1ccc(C(F)(F)F)cc1[O-].